The molecule has 0 saturated heterocycles. The normalized spacial score (nSPS) is 10.4. The van der Waals surface area contributed by atoms with Crippen LogP contribution in [-0.4, -0.2) is 23.9 Å². The van der Waals surface area contributed by atoms with Gasteiger partial charge in [-0.3, -0.25) is 25.4 Å². The van der Waals surface area contributed by atoms with E-state index in [2.05, 4.69) is 15.8 Å². The van der Waals surface area contributed by atoms with E-state index in [0.717, 1.165) is 10.9 Å². The Morgan fingerprint density at radius 3 is 2.38 bits per heavy atom. The number of methoxy groups -OCH3 is 1. The number of nitrogens with zero attached hydrogens (tertiary/aromatic N) is 1. The minimum absolute atomic E-state index is 0.273. The van der Waals surface area contributed by atoms with Gasteiger partial charge in [-0.15, -0.1) is 0 Å². The van der Waals surface area contributed by atoms with Crippen molar-refractivity contribution in [3.8, 4) is 5.75 Å². The number of pyridine rings is 1. The number of ether oxygens (including phenoxy) is 1. The molecule has 0 unspecified atom stereocenters. The lowest BCUT2D eigenvalue weighted by atomic mass is 10.1. The Morgan fingerprint density at radius 1 is 1.00 bits per heavy atom. The molecule has 0 aliphatic rings. The summed E-state index contributed by atoms with van der Waals surface area (Å²) < 4.78 is 5.18. The van der Waals surface area contributed by atoms with E-state index in [9.17, 15) is 9.59 Å². The average Bonchev–Trinajstić information content (AvgIpc) is 2.65. The Kier molecular flexibility index (Phi) is 5.04. The predicted molar refractivity (Wildman–Crippen MR) is 99.4 cm³/mol. The number of halogens is 1. The number of aryl methyl sites for hydroxylation is 1. The molecule has 26 heavy (non-hydrogen) atoms. The Labute approximate surface area is 155 Å². The summed E-state index contributed by atoms with van der Waals surface area (Å²) in [6.45, 7) is 1.73. The first kappa shape index (κ1) is 17.7. The van der Waals surface area contributed by atoms with Gasteiger partial charge in [-0.2, -0.15) is 0 Å². The summed E-state index contributed by atoms with van der Waals surface area (Å²) in [5.74, 6) is -0.276. The maximum Gasteiger partial charge on any atom is 0.271 e. The fraction of sp³-hybridized carbons (Fsp3) is 0.105. The molecule has 3 aromatic rings. The average molecular weight is 370 g/mol. The molecule has 0 bridgehead atoms. The van der Waals surface area contributed by atoms with Crippen molar-refractivity contribution in [1.29, 1.82) is 0 Å². The molecule has 0 radical (unpaired) electrons. The second-order valence-corrected chi connectivity index (χ2v) is 5.98. The molecular formula is C19H16ClN3O3. The minimum atomic E-state index is -0.500. The second-order valence-electron chi connectivity index (χ2n) is 5.57. The highest BCUT2D eigenvalue weighted by molar-refractivity contribution is 6.33. The van der Waals surface area contributed by atoms with Gasteiger partial charge in [0.1, 0.15) is 5.75 Å². The first-order chi connectivity index (χ1) is 12.5. The number of fused-ring (bicyclic) bond motifs is 1. The fourth-order valence-corrected chi connectivity index (χ4v) is 2.72. The number of benzene rings is 2. The van der Waals surface area contributed by atoms with Crippen molar-refractivity contribution in [3.05, 3.63) is 70.4 Å². The number of carbonyl (C=O) groups is 2. The summed E-state index contributed by atoms with van der Waals surface area (Å²) in [7, 11) is 1.58. The lowest BCUT2D eigenvalue weighted by Gasteiger charge is -2.11. The van der Waals surface area contributed by atoms with Crippen LogP contribution in [0.25, 0.3) is 10.9 Å². The van der Waals surface area contributed by atoms with Gasteiger partial charge in [0.15, 0.2) is 0 Å². The number of nitrogens with one attached hydrogen (secondary N) is 2. The SMILES string of the molecule is COc1ccc2cc(C(=O)NNC(=O)c3ccccc3Cl)c(C)nc2c1. The Bertz CT molecular complexity index is 1000. The molecule has 3 rings (SSSR count). The van der Waals surface area contributed by atoms with Crippen LogP contribution in [0.3, 0.4) is 0 Å². The van der Waals surface area contributed by atoms with E-state index in [1.54, 1.807) is 56.5 Å². The summed E-state index contributed by atoms with van der Waals surface area (Å²) in [5.41, 5.74) is 6.65. The van der Waals surface area contributed by atoms with Crippen molar-refractivity contribution in [2.75, 3.05) is 7.11 Å². The molecule has 0 fully saturated rings. The number of hydrogen-bond donors (Lipinski definition) is 2. The molecule has 1 aromatic heterocycles. The first-order valence-electron chi connectivity index (χ1n) is 7.80. The fourth-order valence-electron chi connectivity index (χ4n) is 2.49. The van der Waals surface area contributed by atoms with Crippen molar-refractivity contribution in [2.24, 2.45) is 0 Å². The van der Waals surface area contributed by atoms with E-state index in [1.807, 2.05) is 6.07 Å². The summed E-state index contributed by atoms with van der Waals surface area (Å²) >= 11 is 5.97. The summed E-state index contributed by atoms with van der Waals surface area (Å²) in [6.07, 6.45) is 0. The van der Waals surface area contributed by atoms with Crippen molar-refractivity contribution in [1.82, 2.24) is 15.8 Å². The van der Waals surface area contributed by atoms with Crippen molar-refractivity contribution in [2.45, 2.75) is 6.92 Å². The van der Waals surface area contributed by atoms with E-state index in [4.69, 9.17) is 16.3 Å². The molecule has 0 spiro atoms. The zero-order chi connectivity index (χ0) is 18.7. The third kappa shape index (κ3) is 3.60. The van der Waals surface area contributed by atoms with Crippen LogP contribution in [0.2, 0.25) is 5.02 Å². The standard InChI is InChI=1S/C19H16ClN3O3/c1-11-15(9-12-7-8-13(26-2)10-17(12)21-11)19(25)23-22-18(24)14-5-3-4-6-16(14)20/h3-10H,1-2H3,(H,22,24)(H,23,25). The monoisotopic (exact) mass is 369 g/mol. The molecule has 0 aliphatic heterocycles. The van der Waals surface area contributed by atoms with Crippen LogP contribution in [0.4, 0.5) is 0 Å². The van der Waals surface area contributed by atoms with Gasteiger partial charge in [0.2, 0.25) is 0 Å². The molecule has 0 saturated carbocycles. The van der Waals surface area contributed by atoms with Gasteiger partial charge in [-0.1, -0.05) is 23.7 Å². The maximum atomic E-state index is 12.4. The van der Waals surface area contributed by atoms with Crippen LogP contribution in [0, 0.1) is 6.92 Å². The van der Waals surface area contributed by atoms with Crippen LogP contribution in [-0.2, 0) is 0 Å². The van der Waals surface area contributed by atoms with Gasteiger partial charge >= 0.3 is 0 Å². The lowest BCUT2D eigenvalue weighted by molar-refractivity contribution is 0.0846. The van der Waals surface area contributed by atoms with Crippen LogP contribution in [0.5, 0.6) is 5.75 Å². The molecule has 132 valence electrons. The van der Waals surface area contributed by atoms with Gasteiger partial charge in [-0.05, 0) is 37.3 Å². The van der Waals surface area contributed by atoms with Crippen LogP contribution in [0.15, 0.2) is 48.5 Å². The third-order valence-corrected chi connectivity index (χ3v) is 4.20. The van der Waals surface area contributed by atoms with E-state index in [-0.39, 0.29) is 5.56 Å². The molecule has 2 N–H and O–H groups in total. The van der Waals surface area contributed by atoms with Gasteiger partial charge in [-0.25, -0.2) is 0 Å². The molecule has 2 amide bonds. The Morgan fingerprint density at radius 2 is 1.69 bits per heavy atom. The molecule has 7 heteroatoms. The Balaban J connectivity index is 1.78. The zero-order valence-electron chi connectivity index (χ0n) is 14.2. The van der Waals surface area contributed by atoms with Crippen molar-refractivity contribution < 1.29 is 14.3 Å². The minimum Gasteiger partial charge on any atom is -0.497 e. The van der Waals surface area contributed by atoms with Gasteiger partial charge < -0.3 is 4.74 Å². The van der Waals surface area contributed by atoms with E-state index in [1.165, 1.54) is 0 Å². The van der Waals surface area contributed by atoms with Gasteiger partial charge in [0.05, 0.1) is 34.5 Å². The summed E-state index contributed by atoms with van der Waals surface area (Å²) in [6, 6.07) is 13.7. The van der Waals surface area contributed by atoms with Crippen molar-refractivity contribution in [3.63, 3.8) is 0 Å². The van der Waals surface area contributed by atoms with Crippen LogP contribution in [0.1, 0.15) is 26.4 Å². The predicted octanol–water partition coefficient (Wildman–Crippen LogP) is 3.28. The number of aromatic nitrogens is 1. The quantitative estimate of drug-likeness (QED) is 0.694. The number of hydrogen-bond acceptors (Lipinski definition) is 4. The second kappa shape index (κ2) is 7.41. The largest absolute Gasteiger partial charge is 0.497 e. The van der Waals surface area contributed by atoms with Gasteiger partial charge in [0, 0.05) is 11.5 Å². The molecule has 6 nitrogen and oxygen atoms in total. The maximum absolute atomic E-state index is 12.4. The number of hydrazine groups is 1. The lowest BCUT2D eigenvalue weighted by Crippen LogP contribution is -2.42. The zero-order valence-corrected chi connectivity index (χ0v) is 14.9. The molecule has 2 aromatic carbocycles. The molecule has 1 heterocycles. The van der Waals surface area contributed by atoms with Crippen molar-refractivity contribution >= 4 is 34.3 Å². The molecular weight excluding hydrogens is 354 g/mol. The number of carbonyl (C=O) groups excluding carboxylic acids is 2. The topological polar surface area (TPSA) is 80.3 Å². The Hall–Kier alpha value is -3.12. The number of amides is 2. The third-order valence-electron chi connectivity index (χ3n) is 3.87. The number of rotatable bonds is 3. The highest BCUT2D eigenvalue weighted by atomic mass is 35.5. The highest BCUT2D eigenvalue weighted by Gasteiger charge is 2.15. The molecule has 0 aliphatic carbocycles. The van der Waals surface area contributed by atoms with E-state index < -0.39 is 11.8 Å². The van der Waals surface area contributed by atoms with Crippen LogP contribution >= 0.6 is 11.6 Å². The first-order valence-corrected chi connectivity index (χ1v) is 8.18. The summed E-state index contributed by atoms with van der Waals surface area (Å²) in [5, 5.41) is 1.09. The molecule has 0 atom stereocenters. The summed E-state index contributed by atoms with van der Waals surface area (Å²) in [4.78, 5) is 29.0. The smallest absolute Gasteiger partial charge is 0.271 e. The van der Waals surface area contributed by atoms with Crippen LogP contribution < -0.4 is 15.6 Å². The van der Waals surface area contributed by atoms with Gasteiger partial charge in [0.25, 0.3) is 11.8 Å². The van der Waals surface area contributed by atoms with E-state index >= 15 is 0 Å². The highest BCUT2D eigenvalue weighted by Crippen LogP contribution is 2.21. The van der Waals surface area contributed by atoms with E-state index in [0.29, 0.717) is 22.0 Å².